The number of hydrogen-bond acceptors (Lipinski definition) is 9. The molecule has 2 heterocycles. The quantitative estimate of drug-likeness (QED) is 0.461. The fraction of sp³-hybridized carbons (Fsp3) is 0.304. The number of hydrogen-bond donors (Lipinski definition) is 1. The van der Waals surface area contributed by atoms with E-state index in [9.17, 15) is 13.2 Å². The van der Waals surface area contributed by atoms with E-state index in [0.717, 1.165) is 0 Å². The van der Waals surface area contributed by atoms with Gasteiger partial charge in [0.25, 0.3) is 5.91 Å². The third kappa shape index (κ3) is 5.86. The molecule has 11 heteroatoms. The number of sulfone groups is 1. The third-order valence-electron chi connectivity index (χ3n) is 4.89. The number of benzene rings is 1. The Labute approximate surface area is 197 Å². The molecule has 0 spiro atoms. The van der Waals surface area contributed by atoms with Crippen molar-refractivity contribution in [2.24, 2.45) is 0 Å². The van der Waals surface area contributed by atoms with Gasteiger partial charge in [-0.2, -0.15) is 0 Å². The van der Waals surface area contributed by atoms with Gasteiger partial charge >= 0.3 is 0 Å². The number of carbonyl (C=O) groups excluding carboxylic acids is 1. The maximum atomic E-state index is 12.8. The van der Waals surface area contributed by atoms with Crippen LogP contribution >= 0.6 is 0 Å². The zero-order chi connectivity index (χ0) is 24.1. The number of pyridine rings is 1. The highest BCUT2D eigenvalue weighted by molar-refractivity contribution is 7.92. The second kappa shape index (κ2) is 10.1. The van der Waals surface area contributed by atoms with Gasteiger partial charge in [-0.1, -0.05) is 0 Å². The van der Waals surface area contributed by atoms with Crippen LogP contribution in [0.4, 0.5) is 5.82 Å². The Hall–Kier alpha value is -3.57. The van der Waals surface area contributed by atoms with Crippen LogP contribution in [0.25, 0.3) is 0 Å². The minimum atomic E-state index is -3.39. The molecule has 1 fully saturated rings. The van der Waals surface area contributed by atoms with E-state index in [2.05, 4.69) is 20.3 Å². The highest BCUT2D eigenvalue weighted by Gasteiger charge is 2.37. The summed E-state index contributed by atoms with van der Waals surface area (Å²) in [5.41, 5.74) is 0.267. The lowest BCUT2D eigenvalue weighted by Crippen LogP contribution is -2.19. The van der Waals surface area contributed by atoms with Crippen LogP contribution < -0.4 is 14.8 Å². The minimum absolute atomic E-state index is 0.0249. The Morgan fingerprint density at radius 1 is 1.09 bits per heavy atom. The van der Waals surface area contributed by atoms with Gasteiger partial charge in [0, 0.05) is 31.1 Å². The van der Waals surface area contributed by atoms with Crippen molar-refractivity contribution in [1.29, 1.82) is 0 Å². The topological polar surface area (TPSA) is 130 Å². The summed E-state index contributed by atoms with van der Waals surface area (Å²) in [6.07, 6.45) is 6.80. The summed E-state index contributed by atoms with van der Waals surface area (Å²) in [5.74, 6) is 0.889. The average molecular weight is 485 g/mol. The van der Waals surface area contributed by atoms with Crippen LogP contribution in [-0.4, -0.2) is 54.3 Å². The predicted octanol–water partition coefficient (Wildman–Crippen LogP) is 3.27. The number of anilines is 1. The molecule has 10 nitrogen and oxygen atoms in total. The normalized spacial score (nSPS) is 14.3. The zero-order valence-corrected chi connectivity index (χ0v) is 19.5. The molecule has 0 saturated heterocycles. The van der Waals surface area contributed by atoms with Gasteiger partial charge in [-0.25, -0.2) is 18.4 Å². The Bertz CT molecular complexity index is 1250. The van der Waals surface area contributed by atoms with Crippen molar-refractivity contribution in [3.8, 4) is 17.2 Å². The third-order valence-corrected chi connectivity index (χ3v) is 7.06. The molecule has 0 radical (unpaired) electrons. The molecule has 178 valence electrons. The summed E-state index contributed by atoms with van der Waals surface area (Å²) in [5, 5.41) is 2.35. The van der Waals surface area contributed by atoms with Crippen LogP contribution in [0.15, 0.2) is 60.1 Å². The first-order valence-corrected chi connectivity index (χ1v) is 12.2. The molecule has 1 aromatic carbocycles. The number of rotatable bonds is 10. The first-order chi connectivity index (χ1) is 16.3. The number of amides is 1. The van der Waals surface area contributed by atoms with E-state index in [1.165, 1.54) is 43.0 Å². The maximum absolute atomic E-state index is 12.8. The summed E-state index contributed by atoms with van der Waals surface area (Å²) in [7, 11) is -1.82. The van der Waals surface area contributed by atoms with E-state index in [1.54, 1.807) is 19.2 Å². The lowest BCUT2D eigenvalue weighted by Gasteiger charge is -2.16. The molecular formula is C23H24N4O6S. The molecule has 1 atom stereocenters. The van der Waals surface area contributed by atoms with Crippen molar-refractivity contribution in [2.75, 3.05) is 19.0 Å². The van der Waals surface area contributed by atoms with Crippen molar-refractivity contribution < 1.29 is 27.4 Å². The summed E-state index contributed by atoms with van der Waals surface area (Å²) in [4.78, 5) is 24.8. The fourth-order valence-corrected chi connectivity index (χ4v) is 4.72. The van der Waals surface area contributed by atoms with Gasteiger partial charge in [0.2, 0.25) is 0 Å². The van der Waals surface area contributed by atoms with Crippen molar-refractivity contribution in [3.63, 3.8) is 0 Å². The van der Waals surface area contributed by atoms with E-state index in [-0.39, 0.29) is 21.9 Å². The fourth-order valence-electron chi connectivity index (χ4n) is 3.16. The molecule has 0 unspecified atom stereocenters. The van der Waals surface area contributed by atoms with E-state index in [1.807, 2.05) is 6.92 Å². The molecule has 34 heavy (non-hydrogen) atoms. The Morgan fingerprint density at radius 3 is 2.53 bits per heavy atom. The van der Waals surface area contributed by atoms with E-state index >= 15 is 0 Å². The number of ether oxygens (including phenoxy) is 3. The first kappa shape index (κ1) is 23.6. The van der Waals surface area contributed by atoms with Gasteiger partial charge in [0.05, 0.1) is 24.3 Å². The summed E-state index contributed by atoms with van der Waals surface area (Å²) in [6.45, 7) is 2.19. The van der Waals surface area contributed by atoms with E-state index in [0.29, 0.717) is 42.5 Å². The van der Waals surface area contributed by atoms with Crippen molar-refractivity contribution >= 4 is 21.6 Å². The number of aromatic nitrogens is 3. The standard InChI is InChI=1S/C23H24N4O6S/c1-15(14-31-2)32-18-9-16(23(28)27-21-13-24-7-8-25-21)10-19(11-18)33-17-3-6-22(26-12-17)34(29,30)20-4-5-20/h3,6-13,15,20H,4-5,14H2,1-2H3,(H,25,27,28)/t15-/m0/s1. The van der Waals surface area contributed by atoms with Gasteiger partial charge in [-0.3, -0.25) is 9.78 Å². The highest BCUT2D eigenvalue weighted by atomic mass is 32.2. The Morgan fingerprint density at radius 2 is 1.88 bits per heavy atom. The molecule has 1 aliphatic rings. The second-order valence-electron chi connectivity index (χ2n) is 7.80. The van der Waals surface area contributed by atoms with Crippen LogP contribution in [0.5, 0.6) is 17.2 Å². The SMILES string of the molecule is COC[C@H](C)Oc1cc(Oc2ccc(S(=O)(=O)C3CC3)nc2)cc(C(=O)Nc2cnccn2)c1. The lowest BCUT2D eigenvalue weighted by molar-refractivity contribution is 0.0915. The maximum Gasteiger partial charge on any atom is 0.257 e. The van der Waals surface area contributed by atoms with Gasteiger partial charge in [-0.05, 0) is 44.0 Å². The van der Waals surface area contributed by atoms with E-state index < -0.39 is 15.7 Å². The largest absolute Gasteiger partial charge is 0.488 e. The summed E-state index contributed by atoms with van der Waals surface area (Å²) >= 11 is 0. The smallest absolute Gasteiger partial charge is 0.257 e. The number of nitrogens with zero attached hydrogens (tertiary/aromatic N) is 3. The van der Waals surface area contributed by atoms with Crippen molar-refractivity contribution in [3.05, 3.63) is 60.7 Å². The predicted molar refractivity (Wildman–Crippen MR) is 123 cm³/mol. The molecule has 2 aromatic heterocycles. The first-order valence-electron chi connectivity index (χ1n) is 10.6. The van der Waals surface area contributed by atoms with Crippen LogP contribution in [-0.2, 0) is 14.6 Å². The van der Waals surface area contributed by atoms with E-state index in [4.69, 9.17) is 14.2 Å². The Kier molecular flexibility index (Phi) is 7.03. The lowest BCUT2D eigenvalue weighted by atomic mass is 10.2. The van der Waals surface area contributed by atoms with Gasteiger partial charge in [-0.15, -0.1) is 0 Å². The molecule has 4 rings (SSSR count). The van der Waals surface area contributed by atoms with Gasteiger partial charge < -0.3 is 19.5 Å². The molecule has 0 bridgehead atoms. The number of methoxy groups -OCH3 is 1. The molecule has 0 aliphatic heterocycles. The highest BCUT2D eigenvalue weighted by Crippen LogP contribution is 2.34. The van der Waals surface area contributed by atoms with Crippen LogP contribution in [0.2, 0.25) is 0 Å². The number of nitrogens with one attached hydrogen (secondary N) is 1. The minimum Gasteiger partial charge on any atom is -0.488 e. The van der Waals surface area contributed by atoms with Gasteiger partial charge in [0.1, 0.15) is 23.4 Å². The molecule has 1 N–H and O–H groups in total. The van der Waals surface area contributed by atoms with Crippen LogP contribution in [0, 0.1) is 0 Å². The van der Waals surface area contributed by atoms with Crippen LogP contribution in [0.3, 0.4) is 0 Å². The average Bonchev–Trinajstić information content (AvgIpc) is 3.66. The summed E-state index contributed by atoms with van der Waals surface area (Å²) < 4.78 is 41.5. The molecule has 1 aliphatic carbocycles. The zero-order valence-electron chi connectivity index (χ0n) is 18.7. The van der Waals surface area contributed by atoms with Crippen LogP contribution in [0.1, 0.15) is 30.1 Å². The summed E-state index contributed by atoms with van der Waals surface area (Å²) in [6, 6.07) is 7.69. The van der Waals surface area contributed by atoms with Crippen molar-refractivity contribution in [1.82, 2.24) is 15.0 Å². The molecular weight excluding hydrogens is 460 g/mol. The second-order valence-corrected chi connectivity index (χ2v) is 9.98. The molecule has 1 amide bonds. The number of carbonyl (C=O) groups is 1. The van der Waals surface area contributed by atoms with Gasteiger partial charge in [0.15, 0.2) is 20.7 Å². The molecule has 3 aromatic rings. The Balaban J connectivity index is 1.57. The monoisotopic (exact) mass is 484 g/mol. The van der Waals surface area contributed by atoms with Crippen molar-refractivity contribution in [2.45, 2.75) is 36.1 Å². The molecule has 1 saturated carbocycles.